The zero-order valence-corrected chi connectivity index (χ0v) is 6.67. The van der Waals surface area contributed by atoms with Crippen LogP contribution in [0.5, 0.6) is 0 Å². The smallest absolute Gasteiger partial charge is 0.0890 e. The molecule has 0 fully saturated rings. The van der Waals surface area contributed by atoms with Crippen molar-refractivity contribution in [3.8, 4) is 0 Å². The second kappa shape index (κ2) is 4.17. The molecule has 1 aliphatic rings. The largest absolute Gasteiger partial charge is 0.412 e. The van der Waals surface area contributed by atoms with Gasteiger partial charge in [0, 0.05) is 26.0 Å². The molecule has 0 spiro atoms. The van der Waals surface area contributed by atoms with Gasteiger partial charge in [0.15, 0.2) is 0 Å². The first-order valence-electron chi connectivity index (χ1n) is 3.45. The summed E-state index contributed by atoms with van der Waals surface area (Å²) >= 11 is 0. The summed E-state index contributed by atoms with van der Waals surface area (Å²) in [5.74, 6) is 0. The average molecular weight is 144 g/mol. The Morgan fingerprint density at radius 3 is 2.50 bits per heavy atom. The minimum Gasteiger partial charge on any atom is -0.412 e. The van der Waals surface area contributed by atoms with Gasteiger partial charge in [0.2, 0.25) is 0 Å². The topological polar surface area (TPSA) is 38.0 Å². The molecule has 0 aromatic heterocycles. The van der Waals surface area contributed by atoms with Crippen molar-refractivity contribution >= 4 is 0 Å². The summed E-state index contributed by atoms with van der Waals surface area (Å²) in [6.07, 6.45) is 5.48. The van der Waals surface area contributed by atoms with E-state index in [0.29, 0.717) is 0 Å². The summed E-state index contributed by atoms with van der Waals surface area (Å²) in [6, 6.07) is 0. The zero-order valence-electron chi connectivity index (χ0n) is 6.67. The van der Waals surface area contributed by atoms with E-state index < -0.39 is 0 Å². The highest BCUT2D eigenvalue weighted by Gasteiger charge is 2.04. The van der Waals surface area contributed by atoms with Crippen molar-refractivity contribution in [1.82, 2.24) is 9.80 Å². The lowest BCUT2D eigenvalue weighted by atomic mass is 10.4. The Bertz CT molecular complexity index is 114. The lowest BCUT2D eigenvalue weighted by Gasteiger charge is -2.16. The van der Waals surface area contributed by atoms with E-state index in [-0.39, 0.29) is 5.48 Å². The van der Waals surface area contributed by atoms with E-state index >= 15 is 0 Å². The predicted molar refractivity (Wildman–Crippen MR) is 42.4 cm³/mol. The van der Waals surface area contributed by atoms with Crippen LogP contribution in [0.2, 0.25) is 0 Å². The van der Waals surface area contributed by atoms with Crippen LogP contribution in [0, 0.1) is 0 Å². The van der Waals surface area contributed by atoms with Crippen molar-refractivity contribution in [1.29, 1.82) is 0 Å². The first-order valence-corrected chi connectivity index (χ1v) is 3.45. The first kappa shape index (κ1) is 9.30. The molecule has 0 aliphatic carbocycles. The van der Waals surface area contributed by atoms with Gasteiger partial charge in [-0.05, 0) is 6.42 Å². The van der Waals surface area contributed by atoms with Crippen LogP contribution in [-0.2, 0) is 0 Å². The highest BCUT2D eigenvalue weighted by Crippen LogP contribution is 2.02. The molecule has 2 N–H and O–H groups in total. The normalized spacial score (nSPS) is 15.8. The third-order valence-corrected chi connectivity index (χ3v) is 1.45. The minimum absolute atomic E-state index is 0. The average Bonchev–Trinajstić information content (AvgIpc) is 2.17. The molecule has 0 saturated carbocycles. The molecule has 1 aliphatic heterocycles. The van der Waals surface area contributed by atoms with Crippen LogP contribution in [0.15, 0.2) is 12.4 Å². The van der Waals surface area contributed by atoms with E-state index in [9.17, 15) is 0 Å². The van der Waals surface area contributed by atoms with Gasteiger partial charge in [-0.3, -0.25) is 0 Å². The summed E-state index contributed by atoms with van der Waals surface area (Å²) in [4.78, 5) is 4.48. The van der Waals surface area contributed by atoms with Crippen LogP contribution < -0.4 is 0 Å². The van der Waals surface area contributed by atoms with Crippen molar-refractivity contribution in [2.75, 3.05) is 20.3 Å². The van der Waals surface area contributed by atoms with E-state index in [1.54, 1.807) is 0 Å². The van der Waals surface area contributed by atoms with Gasteiger partial charge in [-0.2, -0.15) is 0 Å². The van der Waals surface area contributed by atoms with Crippen LogP contribution in [-0.4, -0.2) is 35.5 Å². The number of hydrogen-bond donors (Lipinski definition) is 0. The summed E-state index contributed by atoms with van der Waals surface area (Å²) in [5.41, 5.74) is 0. The third kappa shape index (κ3) is 2.27. The molecule has 0 aromatic carbocycles. The van der Waals surface area contributed by atoms with Crippen LogP contribution in [0.3, 0.4) is 0 Å². The molecule has 0 unspecified atom stereocenters. The van der Waals surface area contributed by atoms with Gasteiger partial charge in [0.25, 0.3) is 0 Å². The molecule has 3 heteroatoms. The van der Waals surface area contributed by atoms with Crippen LogP contribution in [0.1, 0.15) is 13.3 Å². The van der Waals surface area contributed by atoms with Gasteiger partial charge in [-0.25, -0.2) is 0 Å². The lowest BCUT2D eigenvalue weighted by Crippen LogP contribution is -2.22. The maximum absolute atomic E-state index is 2.31. The number of hydrogen-bond acceptors (Lipinski definition) is 2. The molecule has 0 bridgehead atoms. The Morgan fingerprint density at radius 1 is 1.40 bits per heavy atom. The van der Waals surface area contributed by atoms with Crippen LogP contribution in [0.25, 0.3) is 0 Å². The number of nitrogens with zero attached hydrogens (tertiary/aromatic N) is 2. The summed E-state index contributed by atoms with van der Waals surface area (Å²) in [6.45, 7) is 4.45. The van der Waals surface area contributed by atoms with E-state index in [1.165, 1.54) is 13.0 Å². The quantitative estimate of drug-likeness (QED) is 0.557. The van der Waals surface area contributed by atoms with Gasteiger partial charge in [-0.1, -0.05) is 6.92 Å². The molecule has 1 heterocycles. The van der Waals surface area contributed by atoms with E-state index in [4.69, 9.17) is 0 Å². The Kier molecular flexibility index (Phi) is 3.88. The second-order valence-corrected chi connectivity index (χ2v) is 2.51. The van der Waals surface area contributed by atoms with Crippen molar-refractivity contribution in [2.24, 2.45) is 0 Å². The Hall–Kier alpha value is -0.700. The van der Waals surface area contributed by atoms with Gasteiger partial charge in [0.1, 0.15) is 0 Å². The Morgan fingerprint density at radius 2 is 2.10 bits per heavy atom. The molecule has 60 valence electrons. The molecule has 10 heavy (non-hydrogen) atoms. The van der Waals surface area contributed by atoms with Gasteiger partial charge >= 0.3 is 0 Å². The molecular weight excluding hydrogens is 128 g/mol. The van der Waals surface area contributed by atoms with Crippen LogP contribution in [0.4, 0.5) is 0 Å². The highest BCUT2D eigenvalue weighted by atomic mass is 16.0. The second-order valence-electron chi connectivity index (χ2n) is 2.51. The maximum atomic E-state index is 2.31. The highest BCUT2D eigenvalue weighted by molar-refractivity contribution is 4.87. The number of rotatable bonds is 2. The monoisotopic (exact) mass is 144 g/mol. The van der Waals surface area contributed by atoms with E-state index in [1.807, 2.05) is 0 Å². The molecule has 0 radical (unpaired) electrons. The standard InChI is InChI=1S/C7H14N2.H2O/c1-3-4-9-6-5-8(2)7-9;/h5-6H,3-4,7H2,1-2H3;1H2. The molecule has 0 atom stereocenters. The minimum atomic E-state index is 0. The maximum Gasteiger partial charge on any atom is 0.0890 e. The summed E-state index contributed by atoms with van der Waals surface area (Å²) in [7, 11) is 2.09. The Balaban J connectivity index is 0.000000810. The first-order chi connectivity index (χ1) is 4.33. The molecular formula is C7H16N2O. The van der Waals surface area contributed by atoms with Gasteiger partial charge in [0.05, 0.1) is 6.67 Å². The fourth-order valence-corrected chi connectivity index (χ4v) is 1.02. The van der Waals surface area contributed by atoms with E-state index in [0.717, 1.165) is 6.67 Å². The van der Waals surface area contributed by atoms with Crippen LogP contribution >= 0.6 is 0 Å². The third-order valence-electron chi connectivity index (χ3n) is 1.45. The van der Waals surface area contributed by atoms with E-state index in [2.05, 4.69) is 36.2 Å². The van der Waals surface area contributed by atoms with Crippen molar-refractivity contribution in [3.05, 3.63) is 12.4 Å². The SMILES string of the molecule is CCCN1C=CN(C)C1.O. The van der Waals surface area contributed by atoms with Gasteiger partial charge < -0.3 is 15.3 Å². The lowest BCUT2D eigenvalue weighted by molar-refractivity contribution is 0.297. The summed E-state index contributed by atoms with van der Waals surface area (Å²) < 4.78 is 0. The van der Waals surface area contributed by atoms with Gasteiger partial charge in [-0.15, -0.1) is 0 Å². The summed E-state index contributed by atoms with van der Waals surface area (Å²) in [5, 5.41) is 0. The molecule has 0 amide bonds. The van der Waals surface area contributed by atoms with Crippen molar-refractivity contribution < 1.29 is 5.48 Å². The van der Waals surface area contributed by atoms with Crippen molar-refractivity contribution in [3.63, 3.8) is 0 Å². The zero-order chi connectivity index (χ0) is 6.69. The molecule has 0 saturated heterocycles. The molecule has 0 aromatic rings. The Labute approximate surface area is 62.2 Å². The fourth-order valence-electron chi connectivity index (χ4n) is 1.02. The fraction of sp³-hybridized carbons (Fsp3) is 0.714. The predicted octanol–water partition coefficient (Wildman–Crippen LogP) is 0.248. The molecule has 3 nitrogen and oxygen atoms in total. The van der Waals surface area contributed by atoms with Crippen molar-refractivity contribution in [2.45, 2.75) is 13.3 Å². The molecule has 1 rings (SSSR count).